The lowest BCUT2D eigenvalue weighted by molar-refractivity contribution is 2.50. The van der Waals surface area contributed by atoms with Crippen LogP contribution in [0, 0.1) is 0 Å². The maximum Gasteiger partial charge on any atom is 0.187 e. The second kappa shape index (κ2) is 31.7. The summed E-state index contributed by atoms with van der Waals surface area (Å²) in [5, 5.41) is 0. The lowest BCUT2D eigenvalue weighted by Crippen LogP contribution is -0.382. The van der Waals surface area contributed by atoms with Gasteiger partial charge >= 0.3 is 0 Å². The van der Waals surface area contributed by atoms with Crippen LogP contribution >= 0.6 is 0 Å². The Morgan fingerprint density at radius 1 is 0.750 bits per heavy atom. The van der Waals surface area contributed by atoms with Gasteiger partial charge in [-0.3, -0.25) is 0 Å². The van der Waals surface area contributed by atoms with Crippen molar-refractivity contribution >= 4 is 43.1 Å². The van der Waals surface area contributed by atoms with Crippen molar-refractivity contribution in [2.75, 3.05) is 0 Å². The molecule has 0 saturated carbocycles. The Morgan fingerprint density at radius 3 is 0.750 bits per heavy atom. The summed E-state index contributed by atoms with van der Waals surface area (Å²) in [6, 6.07) is 0. The Labute approximate surface area is 50.8 Å². The zero-order valence-corrected chi connectivity index (χ0v) is 0. The van der Waals surface area contributed by atoms with Crippen LogP contribution in [-0.4, -0.2) is 43.1 Å². The van der Waals surface area contributed by atoms with Crippen molar-refractivity contribution in [3.63, 3.8) is 0 Å². The van der Waals surface area contributed by atoms with Crippen LogP contribution in [0.25, 0.3) is 0 Å². The quantitative estimate of drug-likeness (QED) is 0.279. The predicted octanol–water partition coefficient (Wildman–Crippen LogP) is -2.92. The van der Waals surface area contributed by atoms with Crippen molar-refractivity contribution in [2.24, 2.45) is 0 Å². The van der Waals surface area contributed by atoms with Crippen LogP contribution in [0.3, 0.4) is 0 Å². The van der Waals surface area contributed by atoms with E-state index < -0.39 is 0 Å². The van der Waals surface area contributed by atoms with Crippen molar-refractivity contribution in [1.82, 2.24) is 0 Å². The van der Waals surface area contributed by atoms with Gasteiger partial charge in [-0.25, -0.2) is 0 Å². The van der Waals surface area contributed by atoms with E-state index in [2.05, 4.69) is 0 Å². The lowest BCUT2D eigenvalue weighted by atomic mass is 10.8. The van der Waals surface area contributed by atoms with Gasteiger partial charge in [-0.2, -0.15) is 0 Å². The van der Waals surface area contributed by atoms with E-state index in [4.69, 9.17) is 0 Å². The molecule has 0 fully saturated rings. The molecule has 4 heavy (non-hydrogen) atoms. The molecule has 0 nitrogen and oxygen atoms in total. The zero-order valence-electron chi connectivity index (χ0n) is 0. The first-order valence-corrected chi connectivity index (χ1v) is 0. The van der Waals surface area contributed by atoms with Gasteiger partial charge in [0.1, 0.15) is 0 Å². The summed E-state index contributed by atoms with van der Waals surface area (Å²) in [6.45, 7) is 0. The summed E-state index contributed by atoms with van der Waals surface area (Å²) in [4.78, 5) is 0. The lowest BCUT2D eigenvalue weighted by Gasteiger charge is -0.0776. The Bertz CT molecular complexity index is 6.00. The molecule has 0 saturated heterocycles. The first-order chi connectivity index (χ1) is 0. The van der Waals surface area contributed by atoms with Crippen LogP contribution < -0.4 is 0 Å². The average molecular weight is 89.9 g/mol. The molecular weight excluding hydrogens is 76.8 g/mol. The highest BCUT2D eigenvalue weighted by Crippen LogP contribution is 0.144. The third kappa shape index (κ3) is 11.1. The van der Waals surface area contributed by atoms with Crippen molar-refractivity contribution in [2.45, 2.75) is 7.43 Å². The molecule has 0 aliphatic heterocycles. The van der Waals surface area contributed by atoms with Gasteiger partial charge < -0.3 is 0 Å². The molecule has 0 aromatic carbocycles. The second-order valence-corrected chi connectivity index (χ2v) is 0. The smallest absolute Gasteiger partial charge is 0.0776 e. The van der Waals surface area contributed by atoms with E-state index in [0.717, 1.165) is 0 Å². The molecule has 0 N–H and O–H groups in total. The molecule has 0 rings (SSSR count). The second-order valence-electron chi connectivity index (χ2n) is 0. The molecule has 0 bridgehead atoms. The molecule has 0 aromatic rings. The van der Waals surface area contributed by atoms with Crippen LogP contribution in [0.2, 0.25) is 0 Å². The predicted molar refractivity (Wildman–Crippen MR) is 36.5 cm³/mol. The zero-order chi connectivity index (χ0) is 0. The molecule has 0 spiro atoms. The van der Waals surface area contributed by atoms with Crippen molar-refractivity contribution in [3.8, 4) is 0 Å². The summed E-state index contributed by atoms with van der Waals surface area (Å²) in [5.74, 6) is 0. The van der Waals surface area contributed by atoms with Crippen molar-refractivity contribution in [3.05, 3.63) is 0 Å². The molecule has 0 radical (unpaired) electrons. The molecule has 0 aliphatic carbocycles. The standard InChI is InChI=1S/CH4.2Al.BH3.6H/h1H4;;;1H3;;;;;;. The summed E-state index contributed by atoms with van der Waals surface area (Å²) >= 11 is 0. The fourth-order valence-electron chi connectivity index (χ4n) is 0. The van der Waals surface area contributed by atoms with Gasteiger partial charge in [0.05, 0.1) is 8.41 Å². The highest BCUT2D eigenvalue weighted by atomic mass is 27.0. The van der Waals surface area contributed by atoms with Gasteiger partial charge in [0.25, 0.3) is 0 Å². The highest BCUT2D eigenvalue weighted by Gasteiger charge is 0.188. The highest BCUT2D eigenvalue weighted by molar-refractivity contribution is 5.76. The average Bonchev–Trinajstić information content (AvgIpc) is 0. The molecule has 0 amide bonds. The Balaban J connectivity index is 0. The van der Waals surface area contributed by atoms with E-state index in [9.17, 15) is 0 Å². The first-order valence-electron chi connectivity index (χ1n) is 0. The molecule has 0 unspecified atom stereocenters. The van der Waals surface area contributed by atoms with Crippen LogP contribution in [-0.2, 0) is 0 Å². The van der Waals surface area contributed by atoms with Gasteiger partial charge in [-0.15, -0.1) is 0 Å². The fourth-order valence-corrected chi connectivity index (χ4v) is 0. The van der Waals surface area contributed by atoms with E-state index in [0.29, 0.717) is 0 Å². The monoisotopic (exact) mass is 90.1 g/mol. The topological polar surface area (TPSA) is 0 Å². The largest absolute Gasteiger partial charge is 0.187 e. The third-order valence-electron chi connectivity index (χ3n) is 0. The molecular formula is CH13Al2B. The van der Waals surface area contributed by atoms with Crippen LogP contribution in [0.15, 0.2) is 0 Å². The number of hydrogen-bond acceptors (Lipinski definition) is 0. The maximum absolute atomic E-state index is 0. The van der Waals surface area contributed by atoms with E-state index in [1.807, 2.05) is 0 Å². The molecule has 0 aliphatic rings. The summed E-state index contributed by atoms with van der Waals surface area (Å²) < 4.78 is 0. The van der Waals surface area contributed by atoms with Gasteiger partial charge in [-0.1, -0.05) is 7.43 Å². The fraction of sp³-hybridized carbons (Fsp3) is 1.00. The Morgan fingerprint density at radius 2 is 0.750 bits per heavy atom. The number of rotatable bonds is 0. The van der Waals surface area contributed by atoms with Gasteiger partial charge in [0.15, 0.2) is 34.7 Å². The van der Waals surface area contributed by atoms with Gasteiger partial charge in [0, 0.05) is 0 Å². The van der Waals surface area contributed by atoms with E-state index in [-0.39, 0.29) is 50.6 Å². The molecule has 0 heterocycles. The Kier molecular flexibility index (Phi) is 543. The minimum Gasteiger partial charge on any atom is -0.0776 e. The Hall–Kier alpha value is 1.13. The molecule has 0 aromatic heterocycles. The molecule has 3 heteroatoms. The normalized spacial score (nSPS) is 0. The number of hydrogen-bond donors (Lipinski definition) is 0. The SMILES string of the molecule is B.C.[AlH3].[AlH3]. The van der Waals surface area contributed by atoms with Crippen LogP contribution in [0.4, 0.5) is 0 Å². The molecule has 0 atom stereocenters. The van der Waals surface area contributed by atoms with Crippen molar-refractivity contribution in [1.29, 1.82) is 0 Å². The van der Waals surface area contributed by atoms with E-state index >= 15 is 0 Å². The van der Waals surface area contributed by atoms with E-state index in [1.54, 1.807) is 0 Å². The van der Waals surface area contributed by atoms with Gasteiger partial charge in [-0.05, 0) is 0 Å². The van der Waals surface area contributed by atoms with Crippen LogP contribution in [0.5, 0.6) is 0 Å². The summed E-state index contributed by atoms with van der Waals surface area (Å²) in [5.41, 5.74) is 0. The summed E-state index contributed by atoms with van der Waals surface area (Å²) in [6.07, 6.45) is 0. The first kappa shape index (κ1) is 68.5. The third-order valence-corrected chi connectivity index (χ3v) is 0. The maximum atomic E-state index is 0. The van der Waals surface area contributed by atoms with E-state index in [1.165, 1.54) is 0 Å². The summed E-state index contributed by atoms with van der Waals surface area (Å²) in [7, 11) is 0. The van der Waals surface area contributed by atoms with Gasteiger partial charge in [0.2, 0.25) is 0 Å². The van der Waals surface area contributed by atoms with Crippen LogP contribution in [0.1, 0.15) is 7.43 Å². The molecule has 26 valence electrons. The minimum atomic E-state index is 0. The van der Waals surface area contributed by atoms with Crippen molar-refractivity contribution < 1.29 is 0 Å². The minimum absolute atomic E-state index is 0.